The van der Waals surface area contributed by atoms with Gasteiger partial charge in [-0.05, 0) is 68.5 Å². The second-order valence-electron chi connectivity index (χ2n) is 9.19. The van der Waals surface area contributed by atoms with Gasteiger partial charge in [-0.25, -0.2) is 0 Å². The van der Waals surface area contributed by atoms with Gasteiger partial charge >= 0.3 is 0 Å². The lowest BCUT2D eigenvalue weighted by Gasteiger charge is -2.17. The van der Waals surface area contributed by atoms with Crippen molar-refractivity contribution in [1.29, 1.82) is 0 Å². The van der Waals surface area contributed by atoms with Crippen LogP contribution in [0.2, 0.25) is 0 Å². The monoisotopic (exact) mass is 423 g/mol. The van der Waals surface area contributed by atoms with Crippen LogP contribution in [0.4, 0.5) is 0 Å². The van der Waals surface area contributed by atoms with Crippen LogP contribution in [0.1, 0.15) is 36.0 Å². The van der Waals surface area contributed by atoms with E-state index in [1.807, 2.05) is 0 Å². The zero-order chi connectivity index (χ0) is 22.4. The lowest BCUT2D eigenvalue weighted by molar-refractivity contribution is 0.790. The van der Waals surface area contributed by atoms with E-state index in [0.29, 0.717) is 0 Å². The van der Waals surface area contributed by atoms with E-state index in [0.717, 1.165) is 19.3 Å². The van der Waals surface area contributed by atoms with Crippen LogP contribution in [0.25, 0.3) is 27.8 Å². The molecule has 0 amide bonds. The molecule has 0 heteroatoms. The highest BCUT2D eigenvalue weighted by Gasteiger charge is 2.43. The van der Waals surface area contributed by atoms with E-state index in [1.54, 1.807) is 0 Å². The topological polar surface area (TPSA) is 0 Å². The second kappa shape index (κ2) is 7.98. The molecule has 0 nitrogen and oxygen atoms in total. The molecule has 3 aliphatic carbocycles. The molecular formula is C33H27+. The maximum absolute atomic E-state index is 4.42. The normalized spacial score (nSPS) is 19.5. The summed E-state index contributed by atoms with van der Waals surface area (Å²) in [6.45, 7) is 8.81. The maximum atomic E-state index is 4.42. The first kappa shape index (κ1) is 19.9. The van der Waals surface area contributed by atoms with Crippen LogP contribution in [-0.4, -0.2) is 0 Å². The van der Waals surface area contributed by atoms with Gasteiger partial charge in [0.1, 0.15) is 5.92 Å². The van der Waals surface area contributed by atoms with E-state index < -0.39 is 0 Å². The number of rotatable bonds is 4. The molecule has 0 bridgehead atoms. The van der Waals surface area contributed by atoms with Gasteiger partial charge in [0.05, 0.1) is 6.92 Å². The quantitative estimate of drug-likeness (QED) is 0.368. The van der Waals surface area contributed by atoms with Crippen LogP contribution in [-0.2, 0) is 0 Å². The lowest BCUT2D eigenvalue weighted by Crippen LogP contribution is -2.05. The van der Waals surface area contributed by atoms with Crippen LogP contribution in [0.3, 0.4) is 0 Å². The molecule has 3 aromatic rings. The van der Waals surface area contributed by atoms with Gasteiger partial charge in [-0.2, -0.15) is 0 Å². The first-order valence-electron chi connectivity index (χ1n) is 11.8. The molecule has 0 aliphatic heterocycles. The largest absolute Gasteiger partial charge is 0.124 e. The number of benzene rings is 3. The van der Waals surface area contributed by atoms with Crippen molar-refractivity contribution in [3.8, 4) is 11.1 Å². The predicted molar refractivity (Wildman–Crippen MR) is 141 cm³/mol. The Kier molecular flexibility index (Phi) is 4.80. The summed E-state index contributed by atoms with van der Waals surface area (Å²) in [5, 5.41) is 0. The molecule has 0 radical (unpaired) electrons. The summed E-state index contributed by atoms with van der Waals surface area (Å²) in [4.78, 5) is 0. The Labute approximate surface area is 197 Å². The summed E-state index contributed by atoms with van der Waals surface area (Å²) >= 11 is 0. The Hall–Kier alpha value is -3.77. The number of hydrogen-bond donors (Lipinski definition) is 0. The van der Waals surface area contributed by atoms with E-state index in [2.05, 4.69) is 111 Å². The molecule has 0 aromatic heterocycles. The van der Waals surface area contributed by atoms with E-state index in [1.165, 1.54) is 61.3 Å². The fraction of sp³-hybridized carbons (Fsp3) is 0.121. The summed E-state index contributed by atoms with van der Waals surface area (Å²) in [5.74, 6) is 0.225. The van der Waals surface area contributed by atoms with Gasteiger partial charge in [0, 0.05) is 12.0 Å². The van der Waals surface area contributed by atoms with Gasteiger partial charge < -0.3 is 0 Å². The van der Waals surface area contributed by atoms with Gasteiger partial charge in [-0.3, -0.25) is 0 Å². The summed E-state index contributed by atoms with van der Waals surface area (Å²) in [6.07, 6.45) is 10.1. The molecule has 0 heterocycles. The molecule has 158 valence electrons. The van der Waals surface area contributed by atoms with E-state index in [-0.39, 0.29) is 5.92 Å². The van der Waals surface area contributed by atoms with Gasteiger partial charge in [-0.1, -0.05) is 104 Å². The lowest BCUT2D eigenvalue weighted by atomic mass is 9.83. The van der Waals surface area contributed by atoms with Gasteiger partial charge in [0.25, 0.3) is 0 Å². The highest BCUT2D eigenvalue weighted by atomic mass is 14.4. The molecule has 3 aromatic carbocycles. The van der Waals surface area contributed by atoms with E-state index in [9.17, 15) is 0 Å². The second-order valence-corrected chi connectivity index (χ2v) is 9.19. The first-order chi connectivity index (χ1) is 16.2. The average Bonchev–Trinajstić information content (AvgIpc) is 3.64. The third-order valence-corrected chi connectivity index (χ3v) is 7.10. The molecule has 1 atom stereocenters. The fourth-order valence-electron chi connectivity index (χ4n) is 5.19. The van der Waals surface area contributed by atoms with Crippen molar-refractivity contribution in [3.63, 3.8) is 0 Å². The first-order valence-corrected chi connectivity index (χ1v) is 11.8. The van der Waals surface area contributed by atoms with Crippen molar-refractivity contribution in [2.45, 2.75) is 19.3 Å². The molecule has 6 rings (SSSR count). The molecule has 33 heavy (non-hydrogen) atoms. The standard InChI is InChI=1S/C33H27/c1-22-21-30(28-17-13-26(14-18-28)24-9-5-3-6-10-24)33-31(23(22)2)32(33)29-19-15-27(16-20-29)25-11-7-4-8-12-25/h4-5,7-20,22H,1-3,6,21H2/q+1. The molecule has 0 N–H and O–H groups in total. The van der Waals surface area contributed by atoms with Crippen molar-refractivity contribution in [3.05, 3.63) is 144 Å². The van der Waals surface area contributed by atoms with Crippen LogP contribution in [0.5, 0.6) is 0 Å². The Morgan fingerprint density at radius 2 is 1.27 bits per heavy atom. The Bertz CT molecular complexity index is 1350. The Morgan fingerprint density at radius 1 is 0.636 bits per heavy atom. The average molecular weight is 424 g/mol. The van der Waals surface area contributed by atoms with Crippen molar-refractivity contribution >= 4 is 16.7 Å². The molecular weight excluding hydrogens is 396 g/mol. The number of allylic oxidation sites excluding steroid dienone is 9. The summed E-state index contributed by atoms with van der Waals surface area (Å²) in [6, 6.07) is 28.6. The van der Waals surface area contributed by atoms with Crippen molar-refractivity contribution < 1.29 is 0 Å². The van der Waals surface area contributed by atoms with Gasteiger partial charge in [0.15, 0.2) is 0 Å². The van der Waals surface area contributed by atoms with Crippen LogP contribution in [0, 0.1) is 12.8 Å². The smallest absolute Gasteiger partial charge is 0.0906 e. The number of fused-ring (bicyclic) bond motifs is 1. The van der Waals surface area contributed by atoms with Crippen molar-refractivity contribution in [2.75, 3.05) is 0 Å². The van der Waals surface area contributed by atoms with Crippen LogP contribution < -0.4 is 0 Å². The predicted octanol–water partition coefficient (Wildman–Crippen LogP) is 8.72. The number of hydrogen-bond acceptors (Lipinski definition) is 0. The maximum Gasteiger partial charge on any atom is 0.124 e. The van der Waals surface area contributed by atoms with Crippen LogP contribution >= 0.6 is 0 Å². The highest BCUT2D eigenvalue weighted by Crippen LogP contribution is 2.59. The molecule has 1 unspecified atom stereocenters. The Morgan fingerprint density at radius 3 is 1.97 bits per heavy atom. The molecule has 3 aliphatic rings. The minimum atomic E-state index is 0.225. The summed E-state index contributed by atoms with van der Waals surface area (Å²) in [7, 11) is 0. The zero-order valence-electron chi connectivity index (χ0n) is 18.9. The SMILES string of the molecule is C=C1C2=C(c3ccc(-c4ccccc4)cc3)C2=C(c2ccc(C3=CCCC=C3)cc2)CC1[CH2+]. The van der Waals surface area contributed by atoms with Crippen molar-refractivity contribution in [1.82, 2.24) is 0 Å². The van der Waals surface area contributed by atoms with Crippen LogP contribution in [0.15, 0.2) is 120 Å². The minimum Gasteiger partial charge on any atom is -0.0906 e. The van der Waals surface area contributed by atoms with Gasteiger partial charge in [0.2, 0.25) is 0 Å². The van der Waals surface area contributed by atoms with Crippen molar-refractivity contribution in [2.24, 2.45) is 5.92 Å². The Balaban J connectivity index is 1.34. The molecule has 0 spiro atoms. The van der Waals surface area contributed by atoms with E-state index in [4.69, 9.17) is 0 Å². The summed E-state index contributed by atoms with van der Waals surface area (Å²) < 4.78 is 0. The minimum absolute atomic E-state index is 0.225. The third-order valence-electron chi connectivity index (χ3n) is 7.10. The van der Waals surface area contributed by atoms with E-state index >= 15 is 0 Å². The summed E-state index contributed by atoms with van der Waals surface area (Å²) in [5.41, 5.74) is 14.4. The molecule has 0 saturated heterocycles. The zero-order valence-corrected chi connectivity index (χ0v) is 18.9. The van der Waals surface area contributed by atoms with Gasteiger partial charge in [-0.15, -0.1) is 0 Å². The highest BCUT2D eigenvalue weighted by molar-refractivity contribution is 6.13. The third kappa shape index (κ3) is 3.52. The molecule has 0 saturated carbocycles. The molecule has 0 fully saturated rings. The fourth-order valence-corrected chi connectivity index (χ4v) is 5.19.